The van der Waals surface area contributed by atoms with Gasteiger partial charge in [-0.15, -0.1) is 0 Å². The first-order valence-electron chi connectivity index (χ1n) is 3.41. The molecule has 1 saturated carbocycles. The predicted octanol–water partition coefficient (Wildman–Crippen LogP) is 1.84. The lowest BCUT2D eigenvalue weighted by molar-refractivity contribution is 0.313. The molecule has 0 saturated heterocycles. The minimum Gasteiger partial charge on any atom is -0.490 e. The number of ether oxygens (including phenoxy) is 1. The molecule has 1 aliphatic carbocycles. The minimum atomic E-state index is 0.377. The van der Waals surface area contributed by atoms with Gasteiger partial charge < -0.3 is 4.74 Å². The van der Waals surface area contributed by atoms with Crippen LogP contribution in [-0.4, -0.2) is 6.10 Å². The molecule has 1 heteroatoms. The number of hydrogen-bond donors (Lipinski definition) is 0. The first kappa shape index (κ1) is 5.78. The number of hydrogen-bond acceptors (Lipinski definition) is 1. The molecule has 0 amide bonds. The van der Waals surface area contributed by atoms with Crippen LogP contribution in [0.5, 0.6) is 5.75 Å². The second-order valence-electron chi connectivity index (χ2n) is 2.36. The van der Waals surface area contributed by atoms with Crippen molar-refractivity contribution < 1.29 is 4.74 Å². The average Bonchev–Trinajstić information content (AvgIpc) is 2.74. The fraction of sp³-hybridized carbons (Fsp3) is 0.222. The molecule has 0 N–H and O–H groups in total. The lowest BCUT2D eigenvalue weighted by Gasteiger charge is -2.00. The van der Waals surface area contributed by atoms with Crippen LogP contribution in [0.2, 0.25) is 0 Å². The normalized spacial score (nSPS) is 16.8. The van der Waals surface area contributed by atoms with Gasteiger partial charge >= 0.3 is 0 Å². The van der Waals surface area contributed by atoms with Gasteiger partial charge in [0.05, 0.1) is 0 Å². The van der Waals surface area contributed by atoms with Crippen LogP contribution in [0.25, 0.3) is 0 Å². The second-order valence-corrected chi connectivity index (χ2v) is 2.36. The monoisotopic (exact) mass is 132 g/mol. The molecule has 0 bridgehead atoms. The van der Waals surface area contributed by atoms with Crippen molar-refractivity contribution in [3.8, 4) is 5.75 Å². The van der Waals surface area contributed by atoms with Gasteiger partial charge in [-0.05, 0) is 24.6 Å². The lowest BCUT2D eigenvalue weighted by Crippen LogP contribution is -1.94. The molecule has 10 heavy (non-hydrogen) atoms. The van der Waals surface area contributed by atoms with E-state index in [0.717, 1.165) is 12.2 Å². The third-order valence-electron chi connectivity index (χ3n) is 1.40. The van der Waals surface area contributed by atoms with E-state index in [4.69, 9.17) is 4.74 Å². The zero-order valence-electron chi connectivity index (χ0n) is 5.58. The summed E-state index contributed by atoms with van der Waals surface area (Å²) in [7, 11) is 0. The van der Waals surface area contributed by atoms with Crippen molar-refractivity contribution in [3.63, 3.8) is 0 Å². The summed E-state index contributed by atoms with van der Waals surface area (Å²) >= 11 is 0. The fourth-order valence-corrected chi connectivity index (χ4v) is 0.777. The van der Waals surface area contributed by atoms with Gasteiger partial charge in [-0.2, -0.15) is 0 Å². The maximum absolute atomic E-state index is 5.45. The van der Waals surface area contributed by atoms with Crippen molar-refractivity contribution in [1.82, 2.24) is 0 Å². The summed E-state index contributed by atoms with van der Waals surface area (Å²) in [5.41, 5.74) is 0. The third kappa shape index (κ3) is 1.29. The molecule has 0 aliphatic heterocycles. The summed E-state index contributed by atoms with van der Waals surface area (Å²) in [6.45, 7) is 0. The highest BCUT2D eigenvalue weighted by Gasteiger charge is 2.23. The zero-order valence-corrected chi connectivity index (χ0v) is 5.58. The topological polar surface area (TPSA) is 9.23 Å². The van der Waals surface area contributed by atoms with Crippen LogP contribution in [0.3, 0.4) is 0 Å². The highest BCUT2D eigenvalue weighted by atomic mass is 16.5. The Morgan fingerprint density at radius 2 is 2.10 bits per heavy atom. The predicted molar refractivity (Wildman–Crippen MR) is 38.6 cm³/mol. The molecular formula is C9H8O. The molecule has 2 radical (unpaired) electrons. The fourth-order valence-electron chi connectivity index (χ4n) is 0.777. The zero-order chi connectivity index (χ0) is 6.81. The van der Waals surface area contributed by atoms with E-state index in [9.17, 15) is 0 Å². The van der Waals surface area contributed by atoms with Crippen molar-refractivity contribution in [2.24, 2.45) is 0 Å². The first-order valence-corrected chi connectivity index (χ1v) is 3.41. The van der Waals surface area contributed by atoms with Gasteiger partial charge in [0.2, 0.25) is 0 Å². The Bertz CT molecular complexity index is 201. The molecule has 1 atom stereocenters. The van der Waals surface area contributed by atoms with Gasteiger partial charge in [0.15, 0.2) is 0 Å². The molecule has 0 aromatic heterocycles. The maximum atomic E-state index is 5.45. The summed E-state index contributed by atoms with van der Waals surface area (Å²) < 4.78 is 5.45. The molecule has 50 valence electrons. The van der Waals surface area contributed by atoms with E-state index in [1.807, 2.05) is 24.3 Å². The van der Waals surface area contributed by atoms with E-state index < -0.39 is 0 Å². The van der Waals surface area contributed by atoms with Crippen LogP contribution in [0.4, 0.5) is 0 Å². The quantitative estimate of drug-likeness (QED) is 0.596. The smallest absolute Gasteiger partial charge is 0.119 e. The molecule has 0 heterocycles. The van der Waals surface area contributed by atoms with Crippen LogP contribution in [0.15, 0.2) is 24.3 Å². The summed E-state index contributed by atoms with van der Waals surface area (Å²) in [5.74, 6) is 0.942. The minimum absolute atomic E-state index is 0.377. The molecule has 0 spiro atoms. The van der Waals surface area contributed by atoms with Crippen molar-refractivity contribution in [2.45, 2.75) is 12.5 Å². The van der Waals surface area contributed by atoms with Gasteiger partial charge in [-0.1, -0.05) is 12.1 Å². The molecule has 1 aromatic carbocycles. The standard InChI is InChI=1S/C9H8O/c1-2-4-8(5-3-1)10-9-6-7-9/h2-6,9H,7H2. The van der Waals surface area contributed by atoms with Crippen LogP contribution in [0, 0.1) is 12.5 Å². The van der Waals surface area contributed by atoms with E-state index in [0.29, 0.717) is 6.10 Å². The summed E-state index contributed by atoms with van der Waals surface area (Å²) in [6, 6.07) is 10.5. The maximum Gasteiger partial charge on any atom is 0.119 e. The van der Waals surface area contributed by atoms with Gasteiger partial charge in [-0.3, -0.25) is 0 Å². The lowest BCUT2D eigenvalue weighted by atomic mass is 10.3. The highest BCUT2D eigenvalue weighted by molar-refractivity contribution is 5.22. The first-order chi connectivity index (χ1) is 4.95. The van der Waals surface area contributed by atoms with Gasteiger partial charge in [-0.25, -0.2) is 0 Å². The van der Waals surface area contributed by atoms with E-state index in [1.165, 1.54) is 0 Å². The Kier molecular flexibility index (Phi) is 1.35. The molecular weight excluding hydrogens is 124 g/mol. The molecule has 1 nitrogen and oxygen atoms in total. The van der Waals surface area contributed by atoms with Gasteiger partial charge in [0.1, 0.15) is 11.9 Å². The summed E-state index contributed by atoms with van der Waals surface area (Å²) in [4.78, 5) is 0. The van der Waals surface area contributed by atoms with E-state index >= 15 is 0 Å². The van der Waals surface area contributed by atoms with Gasteiger partial charge in [0.25, 0.3) is 0 Å². The third-order valence-corrected chi connectivity index (χ3v) is 1.40. The Hall–Kier alpha value is -0.980. The molecule has 1 aromatic rings. The van der Waals surface area contributed by atoms with E-state index in [-0.39, 0.29) is 0 Å². The van der Waals surface area contributed by atoms with Crippen LogP contribution >= 0.6 is 0 Å². The largest absolute Gasteiger partial charge is 0.490 e. The molecule has 1 unspecified atom stereocenters. The van der Waals surface area contributed by atoms with Crippen LogP contribution in [0.1, 0.15) is 6.42 Å². The van der Waals surface area contributed by atoms with Crippen LogP contribution < -0.4 is 4.74 Å². The number of rotatable bonds is 2. The average molecular weight is 132 g/mol. The molecule has 2 rings (SSSR count). The van der Waals surface area contributed by atoms with E-state index in [1.54, 1.807) is 0 Å². The van der Waals surface area contributed by atoms with Crippen molar-refractivity contribution in [2.75, 3.05) is 0 Å². The van der Waals surface area contributed by atoms with Crippen molar-refractivity contribution in [3.05, 3.63) is 36.8 Å². The molecule has 1 fully saturated rings. The Morgan fingerprint density at radius 3 is 2.70 bits per heavy atom. The highest BCUT2D eigenvalue weighted by Crippen LogP contribution is 2.24. The SMILES string of the molecule is [c]1ccc(OC2[CH]C2)cc1. The number of benzene rings is 1. The summed E-state index contributed by atoms with van der Waals surface area (Å²) in [5, 5.41) is 0. The Morgan fingerprint density at radius 1 is 1.40 bits per heavy atom. The van der Waals surface area contributed by atoms with Crippen molar-refractivity contribution in [1.29, 1.82) is 0 Å². The molecule has 1 aliphatic rings. The Balaban J connectivity index is 2.03. The van der Waals surface area contributed by atoms with E-state index in [2.05, 4.69) is 12.5 Å². The summed E-state index contributed by atoms with van der Waals surface area (Å²) in [6.07, 6.45) is 3.61. The Labute approximate surface area is 60.6 Å². The second kappa shape index (κ2) is 2.33. The van der Waals surface area contributed by atoms with Crippen LogP contribution in [-0.2, 0) is 0 Å². The van der Waals surface area contributed by atoms with Gasteiger partial charge in [0, 0.05) is 6.42 Å². The van der Waals surface area contributed by atoms with Crippen molar-refractivity contribution >= 4 is 0 Å².